The summed E-state index contributed by atoms with van der Waals surface area (Å²) in [6.45, 7) is 11.8. The minimum Gasteiger partial charge on any atom is -0.508 e. The van der Waals surface area contributed by atoms with Crippen molar-refractivity contribution < 1.29 is 24.2 Å². The number of unbranched alkanes of at least 4 members (excludes halogenated alkanes) is 4. The number of alkyl carbamates (subject to hydrolysis) is 1. The van der Waals surface area contributed by atoms with Crippen molar-refractivity contribution in [2.45, 2.75) is 97.8 Å². The Kier molecular flexibility index (Phi) is 12.8. The third-order valence-corrected chi connectivity index (χ3v) is 8.57. The molecule has 0 aliphatic rings. The van der Waals surface area contributed by atoms with E-state index in [4.69, 9.17) is 4.74 Å². The number of ether oxygens (including phenoxy) is 1. The Morgan fingerprint density at radius 2 is 1.51 bits per heavy atom. The van der Waals surface area contributed by atoms with Crippen LogP contribution in [0.1, 0.15) is 88.1 Å². The van der Waals surface area contributed by atoms with Crippen LogP contribution in [0, 0.1) is 13.8 Å². The summed E-state index contributed by atoms with van der Waals surface area (Å²) in [6, 6.07) is 24.0. The Hall–Kier alpha value is -4.85. The summed E-state index contributed by atoms with van der Waals surface area (Å²) in [4.78, 5) is 44.1. The minimum atomic E-state index is -1.04. The summed E-state index contributed by atoms with van der Waals surface area (Å²) in [6.07, 6.45) is 4.17. The highest BCUT2D eigenvalue weighted by atomic mass is 16.6. The van der Waals surface area contributed by atoms with Gasteiger partial charge in [0, 0.05) is 18.7 Å². The van der Waals surface area contributed by atoms with Crippen molar-refractivity contribution in [3.05, 3.63) is 107 Å². The molecule has 8 heteroatoms. The zero-order chi connectivity index (χ0) is 35.6. The lowest BCUT2D eigenvalue weighted by Crippen LogP contribution is -2.53. The number of carbonyl (C=O) groups is 3. The molecule has 3 amide bonds. The van der Waals surface area contributed by atoms with Gasteiger partial charge in [0.05, 0.1) is 0 Å². The van der Waals surface area contributed by atoms with E-state index in [0.29, 0.717) is 24.2 Å². The number of benzene rings is 4. The molecule has 49 heavy (non-hydrogen) atoms. The summed E-state index contributed by atoms with van der Waals surface area (Å²) < 4.78 is 5.58. The molecule has 0 aromatic heterocycles. The molecule has 0 saturated heterocycles. The van der Waals surface area contributed by atoms with Gasteiger partial charge in [-0.3, -0.25) is 9.59 Å². The van der Waals surface area contributed by atoms with Gasteiger partial charge in [-0.1, -0.05) is 93.3 Å². The lowest BCUT2D eigenvalue weighted by Gasteiger charge is -2.35. The monoisotopic (exact) mass is 665 g/mol. The number of aryl methyl sites for hydroxylation is 2. The van der Waals surface area contributed by atoms with E-state index in [1.54, 1.807) is 49.9 Å². The van der Waals surface area contributed by atoms with Gasteiger partial charge >= 0.3 is 6.09 Å². The second-order valence-electron chi connectivity index (χ2n) is 13.8. The smallest absolute Gasteiger partial charge is 0.408 e. The van der Waals surface area contributed by atoms with Crippen molar-refractivity contribution in [3.63, 3.8) is 0 Å². The van der Waals surface area contributed by atoms with E-state index >= 15 is 0 Å². The molecule has 0 spiro atoms. The quantitative estimate of drug-likeness (QED) is 0.117. The molecule has 0 saturated carbocycles. The number of aromatic hydroxyl groups is 1. The van der Waals surface area contributed by atoms with Gasteiger partial charge in [-0.25, -0.2) is 4.79 Å². The molecule has 8 nitrogen and oxygen atoms in total. The molecule has 3 N–H and O–H groups in total. The van der Waals surface area contributed by atoms with Gasteiger partial charge in [-0.05, 0) is 98.3 Å². The molecule has 0 fully saturated rings. The first kappa shape index (κ1) is 37.0. The molecule has 260 valence electrons. The van der Waals surface area contributed by atoms with Crippen LogP contribution in [0.5, 0.6) is 5.75 Å². The van der Waals surface area contributed by atoms with Crippen LogP contribution in [0.2, 0.25) is 0 Å². The van der Waals surface area contributed by atoms with Gasteiger partial charge < -0.3 is 25.4 Å². The molecule has 4 rings (SSSR count). The molecule has 0 radical (unpaired) electrons. The van der Waals surface area contributed by atoms with E-state index < -0.39 is 29.7 Å². The van der Waals surface area contributed by atoms with Gasteiger partial charge in [-0.2, -0.15) is 0 Å². The second kappa shape index (κ2) is 17.0. The van der Waals surface area contributed by atoms with E-state index in [0.717, 1.165) is 53.1 Å². The van der Waals surface area contributed by atoms with Crippen LogP contribution in [0.15, 0.2) is 84.9 Å². The number of carbonyl (C=O) groups excluding carboxylic acids is 3. The fourth-order valence-electron chi connectivity index (χ4n) is 5.86. The normalized spacial score (nSPS) is 12.6. The van der Waals surface area contributed by atoms with Crippen LogP contribution in [0.25, 0.3) is 10.8 Å². The zero-order valence-electron chi connectivity index (χ0n) is 29.7. The number of hydrogen-bond acceptors (Lipinski definition) is 5. The van der Waals surface area contributed by atoms with E-state index in [-0.39, 0.29) is 18.1 Å². The molecule has 0 aliphatic heterocycles. The maximum absolute atomic E-state index is 14.9. The molecule has 0 aliphatic carbocycles. The van der Waals surface area contributed by atoms with E-state index in [1.807, 2.05) is 74.5 Å². The van der Waals surface area contributed by atoms with Crippen LogP contribution >= 0.6 is 0 Å². The number of fused-ring (bicyclic) bond motifs is 1. The first-order valence-corrected chi connectivity index (χ1v) is 17.3. The molecule has 4 aromatic rings. The third-order valence-electron chi connectivity index (χ3n) is 8.57. The first-order chi connectivity index (χ1) is 23.3. The van der Waals surface area contributed by atoms with Crippen molar-refractivity contribution >= 4 is 34.4 Å². The molecule has 2 unspecified atom stereocenters. The average molecular weight is 666 g/mol. The van der Waals surface area contributed by atoms with Crippen molar-refractivity contribution in [2.24, 2.45) is 0 Å². The van der Waals surface area contributed by atoms with Crippen molar-refractivity contribution in [2.75, 3.05) is 11.9 Å². The van der Waals surface area contributed by atoms with Crippen molar-refractivity contribution in [1.29, 1.82) is 0 Å². The predicted octanol–water partition coefficient (Wildman–Crippen LogP) is 8.78. The summed E-state index contributed by atoms with van der Waals surface area (Å²) in [5, 5.41) is 17.9. The number of phenolic OH excluding ortho intramolecular Hbond substituents is 1. The Balaban J connectivity index is 1.77. The number of anilines is 1. The Morgan fingerprint density at radius 3 is 2.18 bits per heavy atom. The number of nitrogens with one attached hydrogen (secondary N) is 2. The Labute approximate surface area is 290 Å². The summed E-state index contributed by atoms with van der Waals surface area (Å²) in [7, 11) is 0. The number of phenols is 1. The third kappa shape index (κ3) is 10.8. The van der Waals surface area contributed by atoms with Crippen LogP contribution in [-0.2, 0) is 20.7 Å². The van der Waals surface area contributed by atoms with Gasteiger partial charge in [0.25, 0.3) is 5.91 Å². The van der Waals surface area contributed by atoms with Crippen LogP contribution in [0.3, 0.4) is 0 Å². The Morgan fingerprint density at radius 1 is 0.816 bits per heavy atom. The topological polar surface area (TPSA) is 108 Å². The molecule has 4 aromatic carbocycles. The largest absolute Gasteiger partial charge is 0.508 e. The lowest BCUT2D eigenvalue weighted by atomic mass is 9.96. The summed E-state index contributed by atoms with van der Waals surface area (Å²) >= 11 is 0. The molecular formula is C41H51N3O5. The van der Waals surface area contributed by atoms with E-state index in [1.165, 1.54) is 0 Å². The van der Waals surface area contributed by atoms with Gasteiger partial charge in [-0.15, -0.1) is 0 Å². The minimum absolute atomic E-state index is 0.0978. The maximum atomic E-state index is 14.9. The standard InChI is InChI=1S/C41H51N3O5/c1-7-8-9-10-13-24-44(39(47)36(43-40(48)49-41(4,5)6)26-30-17-22-35(45)23-18-30)37(33-19-16-28(2)29(3)25-33)38(46)42-34-21-20-31-14-11-12-15-32(31)27-34/h11-12,14-23,25,27,36-37,45H,7-10,13,24,26H2,1-6H3,(H,42,46)(H,43,48). The van der Waals surface area contributed by atoms with E-state index in [2.05, 4.69) is 17.6 Å². The first-order valence-electron chi connectivity index (χ1n) is 17.3. The fraction of sp³-hybridized carbons (Fsp3) is 0.390. The number of rotatable bonds is 14. The summed E-state index contributed by atoms with van der Waals surface area (Å²) in [5.74, 6) is -0.645. The highest BCUT2D eigenvalue weighted by Gasteiger charge is 2.36. The SMILES string of the molecule is CCCCCCCN(C(=O)C(Cc1ccc(O)cc1)NC(=O)OC(C)(C)C)C(C(=O)Nc1ccc2ccccc2c1)c1ccc(C)c(C)c1. The molecular weight excluding hydrogens is 614 g/mol. The maximum Gasteiger partial charge on any atom is 0.408 e. The number of amides is 3. The predicted molar refractivity (Wildman–Crippen MR) is 197 cm³/mol. The van der Waals surface area contributed by atoms with Crippen LogP contribution in [-0.4, -0.2) is 46.1 Å². The number of hydrogen-bond donors (Lipinski definition) is 3. The van der Waals surface area contributed by atoms with Crippen molar-refractivity contribution in [1.82, 2.24) is 10.2 Å². The van der Waals surface area contributed by atoms with E-state index in [9.17, 15) is 19.5 Å². The fourth-order valence-corrected chi connectivity index (χ4v) is 5.86. The van der Waals surface area contributed by atoms with Gasteiger partial charge in [0.2, 0.25) is 5.91 Å². The molecule has 0 bridgehead atoms. The zero-order valence-corrected chi connectivity index (χ0v) is 29.7. The van der Waals surface area contributed by atoms with Gasteiger partial charge in [0.1, 0.15) is 23.4 Å². The Bertz CT molecular complexity index is 1730. The summed E-state index contributed by atoms with van der Waals surface area (Å²) in [5.41, 5.74) is 3.34. The van der Waals surface area contributed by atoms with Crippen molar-refractivity contribution in [3.8, 4) is 5.75 Å². The highest BCUT2D eigenvalue weighted by molar-refractivity contribution is 6.00. The van der Waals surface area contributed by atoms with Crippen LogP contribution < -0.4 is 10.6 Å². The second-order valence-corrected chi connectivity index (χ2v) is 13.8. The van der Waals surface area contributed by atoms with Gasteiger partial charge in [0.15, 0.2) is 0 Å². The lowest BCUT2D eigenvalue weighted by molar-refractivity contribution is -0.140. The molecule has 2 atom stereocenters. The number of nitrogens with zero attached hydrogens (tertiary/aromatic N) is 1. The molecule has 0 heterocycles. The highest BCUT2D eigenvalue weighted by Crippen LogP contribution is 2.29. The van der Waals surface area contributed by atoms with Crippen LogP contribution in [0.4, 0.5) is 10.5 Å². The average Bonchev–Trinajstić information content (AvgIpc) is 3.05.